The van der Waals surface area contributed by atoms with Gasteiger partial charge in [-0.3, -0.25) is 0 Å². The van der Waals surface area contributed by atoms with Gasteiger partial charge in [0.15, 0.2) is 0 Å². The zero-order chi connectivity index (χ0) is 15.1. The number of thiophene rings is 1. The fraction of sp³-hybridized carbons (Fsp3) is 0. The highest BCUT2D eigenvalue weighted by Gasteiger charge is 2.11. The predicted octanol–water partition coefficient (Wildman–Crippen LogP) is 5.09. The molecule has 0 atom stereocenters. The molecule has 0 aliphatic heterocycles. The van der Waals surface area contributed by atoms with Crippen molar-refractivity contribution in [2.45, 2.75) is 0 Å². The Kier molecular flexibility index (Phi) is 3.10. The van der Waals surface area contributed by atoms with Crippen LogP contribution >= 0.6 is 22.7 Å². The third-order valence-corrected chi connectivity index (χ3v) is 5.27. The molecular formula is C17H11NO2S2. The van der Waals surface area contributed by atoms with Gasteiger partial charge in [0.2, 0.25) is 0 Å². The summed E-state index contributed by atoms with van der Waals surface area (Å²) in [5.41, 5.74) is 1.85. The number of thiazole rings is 1. The minimum Gasteiger partial charge on any atom is -0.508 e. The summed E-state index contributed by atoms with van der Waals surface area (Å²) in [7, 11) is 0. The van der Waals surface area contributed by atoms with Crippen molar-refractivity contribution >= 4 is 55.1 Å². The number of fused-ring (bicyclic) bond motifs is 3. The van der Waals surface area contributed by atoms with E-state index >= 15 is 0 Å². The number of hydrogen-bond donors (Lipinski definition) is 2. The highest BCUT2D eigenvalue weighted by atomic mass is 32.1. The number of nitrogens with zero attached hydrogens (tertiary/aromatic N) is 1. The second-order valence-corrected chi connectivity index (χ2v) is 6.86. The first-order chi connectivity index (χ1) is 10.7. The fourth-order valence-corrected chi connectivity index (χ4v) is 4.26. The molecule has 2 aromatic heterocycles. The summed E-state index contributed by atoms with van der Waals surface area (Å²) in [6.45, 7) is 0. The van der Waals surface area contributed by atoms with E-state index in [-0.39, 0.29) is 5.75 Å². The molecule has 0 aliphatic carbocycles. The maximum atomic E-state index is 10.0. The lowest BCUT2D eigenvalue weighted by Gasteiger charge is -1.94. The van der Waals surface area contributed by atoms with E-state index in [9.17, 15) is 10.2 Å². The molecule has 4 rings (SSSR count). The van der Waals surface area contributed by atoms with E-state index < -0.39 is 0 Å². The van der Waals surface area contributed by atoms with Crippen LogP contribution in [-0.2, 0) is 0 Å². The van der Waals surface area contributed by atoms with Crippen molar-refractivity contribution in [3.63, 3.8) is 0 Å². The van der Waals surface area contributed by atoms with Crippen molar-refractivity contribution in [1.29, 1.82) is 0 Å². The molecule has 3 nitrogen and oxygen atoms in total. The van der Waals surface area contributed by atoms with Crippen LogP contribution in [0, 0.1) is 0 Å². The van der Waals surface area contributed by atoms with E-state index in [1.807, 2.05) is 29.7 Å². The third-order valence-electron chi connectivity index (χ3n) is 3.38. The molecule has 5 heteroatoms. The summed E-state index contributed by atoms with van der Waals surface area (Å²) in [6, 6.07) is 10.8. The minimum absolute atomic E-state index is 0.247. The van der Waals surface area contributed by atoms with Gasteiger partial charge in [0, 0.05) is 11.5 Å². The molecule has 0 spiro atoms. The standard InChI is InChI=1S/C17H11NO2S2/c19-11-3-1-2-10(8-11)4-5-15-18-16-14(22-15)9-13(20)12-6-7-21-17(12)16/h1-9,19-20H/b5-4+. The molecule has 0 bridgehead atoms. The summed E-state index contributed by atoms with van der Waals surface area (Å²) in [4.78, 5) is 4.66. The number of aromatic nitrogens is 1. The summed E-state index contributed by atoms with van der Waals surface area (Å²) in [5.74, 6) is 0.549. The quantitative estimate of drug-likeness (QED) is 0.539. The second-order valence-electron chi connectivity index (χ2n) is 4.89. The van der Waals surface area contributed by atoms with Crippen LogP contribution in [0.5, 0.6) is 11.5 Å². The van der Waals surface area contributed by atoms with Crippen LogP contribution < -0.4 is 0 Å². The number of phenols is 2. The topological polar surface area (TPSA) is 53.4 Å². The van der Waals surface area contributed by atoms with Crippen LogP contribution in [0.15, 0.2) is 41.8 Å². The predicted molar refractivity (Wildman–Crippen MR) is 93.7 cm³/mol. The summed E-state index contributed by atoms with van der Waals surface area (Å²) >= 11 is 3.13. The minimum atomic E-state index is 0.247. The van der Waals surface area contributed by atoms with Gasteiger partial charge in [-0.05, 0) is 35.2 Å². The van der Waals surface area contributed by atoms with Gasteiger partial charge < -0.3 is 10.2 Å². The smallest absolute Gasteiger partial charge is 0.125 e. The van der Waals surface area contributed by atoms with E-state index in [4.69, 9.17) is 0 Å². The van der Waals surface area contributed by atoms with Gasteiger partial charge >= 0.3 is 0 Å². The summed E-state index contributed by atoms with van der Waals surface area (Å²) < 4.78 is 1.99. The monoisotopic (exact) mass is 325 g/mol. The molecule has 2 aromatic carbocycles. The van der Waals surface area contributed by atoms with Crippen LogP contribution in [0.2, 0.25) is 0 Å². The van der Waals surface area contributed by atoms with E-state index in [0.717, 1.165) is 30.9 Å². The summed E-state index contributed by atoms with van der Waals surface area (Å²) in [6.07, 6.45) is 3.85. The Balaban J connectivity index is 1.79. The maximum Gasteiger partial charge on any atom is 0.125 e. The first-order valence-electron chi connectivity index (χ1n) is 6.67. The first kappa shape index (κ1) is 13.3. The molecule has 0 amide bonds. The van der Waals surface area contributed by atoms with E-state index in [0.29, 0.717) is 5.75 Å². The molecule has 108 valence electrons. The molecule has 22 heavy (non-hydrogen) atoms. The highest BCUT2D eigenvalue weighted by Crippen LogP contribution is 2.38. The first-order valence-corrected chi connectivity index (χ1v) is 8.37. The van der Waals surface area contributed by atoms with Gasteiger partial charge in [0.25, 0.3) is 0 Å². The van der Waals surface area contributed by atoms with E-state index in [2.05, 4.69) is 4.98 Å². The molecule has 0 unspecified atom stereocenters. The van der Waals surface area contributed by atoms with Crippen LogP contribution in [-0.4, -0.2) is 15.2 Å². The Morgan fingerprint density at radius 2 is 1.95 bits per heavy atom. The van der Waals surface area contributed by atoms with Crippen molar-refractivity contribution in [2.24, 2.45) is 0 Å². The van der Waals surface area contributed by atoms with Crippen molar-refractivity contribution < 1.29 is 10.2 Å². The average Bonchev–Trinajstić information content (AvgIpc) is 3.11. The zero-order valence-electron chi connectivity index (χ0n) is 11.4. The lowest BCUT2D eigenvalue weighted by molar-refractivity contribution is 0.475. The fourth-order valence-electron chi connectivity index (χ4n) is 2.37. The number of rotatable bonds is 2. The highest BCUT2D eigenvalue weighted by molar-refractivity contribution is 7.22. The van der Waals surface area contributed by atoms with Crippen LogP contribution in [0.3, 0.4) is 0 Å². The Labute approximate surface area is 134 Å². The molecule has 0 radical (unpaired) electrons. The maximum absolute atomic E-state index is 10.0. The van der Waals surface area contributed by atoms with Gasteiger partial charge in [-0.1, -0.05) is 18.2 Å². The Bertz CT molecular complexity index is 1010. The van der Waals surface area contributed by atoms with E-state index in [1.165, 1.54) is 11.3 Å². The third kappa shape index (κ3) is 2.24. The number of aromatic hydroxyl groups is 2. The van der Waals surface area contributed by atoms with E-state index in [1.54, 1.807) is 35.6 Å². The molecule has 0 saturated heterocycles. The lowest BCUT2D eigenvalue weighted by Crippen LogP contribution is -1.73. The van der Waals surface area contributed by atoms with Crippen molar-refractivity contribution in [3.8, 4) is 11.5 Å². The largest absolute Gasteiger partial charge is 0.508 e. The molecule has 0 fully saturated rings. The second kappa shape index (κ2) is 5.12. The molecule has 2 N–H and O–H groups in total. The number of benzene rings is 2. The molecular weight excluding hydrogens is 314 g/mol. The van der Waals surface area contributed by atoms with Crippen molar-refractivity contribution in [1.82, 2.24) is 4.98 Å². The van der Waals surface area contributed by atoms with Gasteiger partial charge in [-0.25, -0.2) is 4.98 Å². The van der Waals surface area contributed by atoms with Gasteiger partial charge in [-0.15, -0.1) is 22.7 Å². The van der Waals surface area contributed by atoms with Gasteiger partial charge in [0.1, 0.15) is 16.5 Å². The van der Waals surface area contributed by atoms with Crippen molar-refractivity contribution in [3.05, 3.63) is 52.3 Å². The number of hydrogen-bond acceptors (Lipinski definition) is 5. The van der Waals surface area contributed by atoms with Gasteiger partial charge in [0.05, 0.1) is 14.9 Å². The lowest BCUT2D eigenvalue weighted by atomic mass is 10.2. The molecule has 0 saturated carbocycles. The molecule has 2 heterocycles. The zero-order valence-corrected chi connectivity index (χ0v) is 13.0. The van der Waals surface area contributed by atoms with Gasteiger partial charge in [-0.2, -0.15) is 0 Å². The van der Waals surface area contributed by atoms with Crippen LogP contribution in [0.25, 0.3) is 32.5 Å². The Hall–Kier alpha value is -2.37. The molecule has 0 aliphatic rings. The molecule has 4 aromatic rings. The Morgan fingerprint density at radius 1 is 1.05 bits per heavy atom. The van der Waals surface area contributed by atoms with Crippen LogP contribution in [0.1, 0.15) is 10.6 Å². The SMILES string of the molecule is Oc1cccc(/C=C/c2nc3c(cc(O)c4ccsc43)s2)c1. The normalized spacial score (nSPS) is 11.8. The summed E-state index contributed by atoms with van der Waals surface area (Å²) in [5, 5.41) is 23.2. The van der Waals surface area contributed by atoms with Crippen molar-refractivity contribution in [2.75, 3.05) is 0 Å². The average molecular weight is 325 g/mol. The number of phenolic OH excluding ortho intramolecular Hbond substituents is 2. The Morgan fingerprint density at radius 3 is 2.82 bits per heavy atom. The van der Waals surface area contributed by atoms with Crippen LogP contribution in [0.4, 0.5) is 0 Å².